The molecule has 0 bridgehead atoms. The highest BCUT2D eigenvalue weighted by Crippen LogP contribution is 2.20. The normalized spacial score (nSPS) is 10.3. The molecular formula is C21H22N4O2. The van der Waals surface area contributed by atoms with E-state index in [1.165, 1.54) is 12.4 Å². The molecule has 0 saturated carbocycles. The van der Waals surface area contributed by atoms with E-state index in [1.54, 1.807) is 12.1 Å². The molecule has 138 valence electrons. The second kappa shape index (κ2) is 8.31. The quantitative estimate of drug-likeness (QED) is 0.676. The minimum Gasteiger partial charge on any atom is -0.494 e. The van der Waals surface area contributed by atoms with Gasteiger partial charge in [0, 0.05) is 23.8 Å². The standard InChI is InChI=1S/C21H22N4O2/c1-4-27-18-9-7-17(8-10-18)24-20(26)16-12-22-21(23-13-16)25-19-11-14(2)5-6-15(19)3/h5-13H,4H2,1-3H3,(H,24,26)(H,22,23,25). The van der Waals surface area contributed by atoms with Gasteiger partial charge in [-0.25, -0.2) is 9.97 Å². The van der Waals surface area contributed by atoms with Gasteiger partial charge >= 0.3 is 0 Å². The average molecular weight is 362 g/mol. The molecule has 1 amide bonds. The summed E-state index contributed by atoms with van der Waals surface area (Å²) in [6, 6.07) is 13.3. The Morgan fingerprint density at radius 2 is 1.74 bits per heavy atom. The average Bonchev–Trinajstić information content (AvgIpc) is 2.67. The van der Waals surface area contributed by atoms with Gasteiger partial charge in [0.1, 0.15) is 5.75 Å². The van der Waals surface area contributed by atoms with Crippen LogP contribution in [0.1, 0.15) is 28.4 Å². The smallest absolute Gasteiger partial charge is 0.258 e. The predicted molar refractivity (Wildman–Crippen MR) is 107 cm³/mol. The Kier molecular flexibility index (Phi) is 5.66. The maximum atomic E-state index is 12.4. The van der Waals surface area contributed by atoms with E-state index >= 15 is 0 Å². The van der Waals surface area contributed by atoms with Crippen LogP contribution in [0.15, 0.2) is 54.9 Å². The fourth-order valence-electron chi connectivity index (χ4n) is 2.51. The number of ether oxygens (including phenoxy) is 1. The zero-order chi connectivity index (χ0) is 19.2. The molecule has 3 rings (SSSR count). The first-order valence-electron chi connectivity index (χ1n) is 8.75. The fraction of sp³-hybridized carbons (Fsp3) is 0.190. The van der Waals surface area contributed by atoms with E-state index in [9.17, 15) is 4.79 Å². The number of hydrogen-bond donors (Lipinski definition) is 2. The molecule has 2 N–H and O–H groups in total. The molecule has 1 heterocycles. The van der Waals surface area contributed by atoms with Crippen LogP contribution in [-0.2, 0) is 0 Å². The van der Waals surface area contributed by atoms with Gasteiger partial charge in [0.05, 0.1) is 12.2 Å². The molecule has 0 atom stereocenters. The Labute approximate surface area is 158 Å². The molecule has 0 aliphatic carbocycles. The molecule has 0 aliphatic heterocycles. The first-order valence-corrected chi connectivity index (χ1v) is 8.75. The maximum absolute atomic E-state index is 12.4. The number of nitrogens with one attached hydrogen (secondary N) is 2. The van der Waals surface area contributed by atoms with Gasteiger partial charge in [-0.3, -0.25) is 4.79 Å². The van der Waals surface area contributed by atoms with Crippen molar-refractivity contribution in [3.63, 3.8) is 0 Å². The van der Waals surface area contributed by atoms with Crippen LogP contribution in [0.25, 0.3) is 0 Å². The number of amides is 1. The first kappa shape index (κ1) is 18.4. The Balaban J connectivity index is 1.65. The fourth-order valence-corrected chi connectivity index (χ4v) is 2.51. The largest absolute Gasteiger partial charge is 0.494 e. The molecule has 0 unspecified atom stereocenters. The number of anilines is 3. The minimum absolute atomic E-state index is 0.266. The number of hydrogen-bond acceptors (Lipinski definition) is 5. The number of rotatable bonds is 6. The lowest BCUT2D eigenvalue weighted by molar-refractivity contribution is 0.102. The molecule has 6 nitrogen and oxygen atoms in total. The van der Waals surface area contributed by atoms with Gasteiger partial charge in [0.15, 0.2) is 0 Å². The highest BCUT2D eigenvalue weighted by atomic mass is 16.5. The molecule has 0 fully saturated rings. The van der Waals surface area contributed by atoms with Crippen LogP contribution in [0.4, 0.5) is 17.3 Å². The second-order valence-electron chi connectivity index (χ2n) is 6.15. The molecular weight excluding hydrogens is 340 g/mol. The van der Waals surface area contributed by atoms with Crippen LogP contribution in [0.2, 0.25) is 0 Å². The maximum Gasteiger partial charge on any atom is 0.258 e. The molecule has 6 heteroatoms. The Morgan fingerprint density at radius 1 is 1.04 bits per heavy atom. The van der Waals surface area contributed by atoms with Crippen molar-refractivity contribution in [2.45, 2.75) is 20.8 Å². The van der Waals surface area contributed by atoms with Crippen LogP contribution in [-0.4, -0.2) is 22.5 Å². The third-order valence-electron chi connectivity index (χ3n) is 3.98. The highest BCUT2D eigenvalue weighted by molar-refractivity contribution is 6.03. The van der Waals surface area contributed by atoms with E-state index in [-0.39, 0.29) is 5.91 Å². The van der Waals surface area contributed by atoms with Crippen molar-refractivity contribution in [1.82, 2.24) is 9.97 Å². The van der Waals surface area contributed by atoms with Crippen molar-refractivity contribution in [3.05, 3.63) is 71.5 Å². The Morgan fingerprint density at radius 3 is 2.41 bits per heavy atom. The summed E-state index contributed by atoms with van der Waals surface area (Å²) >= 11 is 0. The third-order valence-corrected chi connectivity index (χ3v) is 3.98. The van der Waals surface area contributed by atoms with E-state index in [2.05, 4.69) is 26.7 Å². The summed E-state index contributed by atoms with van der Waals surface area (Å²) in [6.45, 7) is 6.57. The molecule has 27 heavy (non-hydrogen) atoms. The van der Waals surface area contributed by atoms with Crippen LogP contribution in [0.3, 0.4) is 0 Å². The summed E-state index contributed by atoms with van der Waals surface area (Å²) in [5, 5.41) is 6.00. The molecule has 0 radical (unpaired) electrons. The zero-order valence-electron chi connectivity index (χ0n) is 15.6. The summed E-state index contributed by atoms with van der Waals surface area (Å²) in [5.74, 6) is 0.944. The Bertz CT molecular complexity index is 922. The van der Waals surface area contributed by atoms with Gasteiger partial charge in [0.2, 0.25) is 5.95 Å². The highest BCUT2D eigenvalue weighted by Gasteiger charge is 2.09. The summed E-state index contributed by atoms with van der Waals surface area (Å²) in [7, 11) is 0. The molecule has 0 saturated heterocycles. The lowest BCUT2D eigenvalue weighted by atomic mass is 10.1. The predicted octanol–water partition coefficient (Wildman–Crippen LogP) is 4.49. The monoisotopic (exact) mass is 362 g/mol. The van der Waals surface area contributed by atoms with E-state index in [1.807, 2.05) is 45.0 Å². The number of carbonyl (C=O) groups is 1. The van der Waals surface area contributed by atoms with Crippen molar-refractivity contribution in [3.8, 4) is 5.75 Å². The van der Waals surface area contributed by atoms with E-state index in [0.29, 0.717) is 23.8 Å². The van der Waals surface area contributed by atoms with Crippen molar-refractivity contribution in [1.29, 1.82) is 0 Å². The van der Waals surface area contributed by atoms with Crippen molar-refractivity contribution in [2.24, 2.45) is 0 Å². The number of nitrogens with zero attached hydrogens (tertiary/aromatic N) is 2. The van der Waals surface area contributed by atoms with E-state index in [0.717, 1.165) is 22.6 Å². The van der Waals surface area contributed by atoms with Gasteiger partial charge in [0.25, 0.3) is 5.91 Å². The van der Waals surface area contributed by atoms with Crippen LogP contribution < -0.4 is 15.4 Å². The van der Waals surface area contributed by atoms with Crippen molar-refractivity contribution < 1.29 is 9.53 Å². The van der Waals surface area contributed by atoms with Gasteiger partial charge in [-0.1, -0.05) is 12.1 Å². The summed E-state index contributed by atoms with van der Waals surface area (Å²) in [5.41, 5.74) is 4.26. The molecule has 0 aliphatic rings. The van der Waals surface area contributed by atoms with Crippen LogP contribution in [0, 0.1) is 13.8 Å². The number of aryl methyl sites for hydroxylation is 2. The van der Waals surface area contributed by atoms with Crippen molar-refractivity contribution in [2.75, 3.05) is 17.2 Å². The summed E-state index contributed by atoms with van der Waals surface area (Å²) in [4.78, 5) is 20.8. The van der Waals surface area contributed by atoms with Crippen LogP contribution in [0.5, 0.6) is 5.75 Å². The van der Waals surface area contributed by atoms with Crippen LogP contribution >= 0.6 is 0 Å². The van der Waals surface area contributed by atoms with Crippen molar-refractivity contribution >= 4 is 23.2 Å². The molecule has 0 spiro atoms. The second-order valence-corrected chi connectivity index (χ2v) is 6.15. The third kappa shape index (κ3) is 4.82. The topological polar surface area (TPSA) is 76.1 Å². The number of aromatic nitrogens is 2. The lowest BCUT2D eigenvalue weighted by Crippen LogP contribution is -2.13. The SMILES string of the molecule is CCOc1ccc(NC(=O)c2cnc(Nc3cc(C)ccc3C)nc2)cc1. The van der Waals surface area contributed by atoms with E-state index < -0.39 is 0 Å². The molecule has 1 aromatic heterocycles. The van der Waals surface area contributed by atoms with Gasteiger partial charge in [-0.05, 0) is 62.2 Å². The van der Waals surface area contributed by atoms with Gasteiger partial charge in [-0.15, -0.1) is 0 Å². The minimum atomic E-state index is -0.266. The number of benzene rings is 2. The Hall–Kier alpha value is -3.41. The summed E-state index contributed by atoms with van der Waals surface area (Å²) in [6.07, 6.45) is 3.01. The summed E-state index contributed by atoms with van der Waals surface area (Å²) < 4.78 is 5.39. The molecule has 3 aromatic rings. The lowest BCUT2D eigenvalue weighted by Gasteiger charge is -2.10. The first-order chi connectivity index (χ1) is 13.0. The van der Waals surface area contributed by atoms with Gasteiger partial charge in [-0.2, -0.15) is 0 Å². The van der Waals surface area contributed by atoms with Gasteiger partial charge < -0.3 is 15.4 Å². The zero-order valence-corrected chi connectivity index (χ0v) is 15.6. The number of carbonyl (C=O) groups excluding carboxylic acids is 1. The van der Waals surface area contributed by atoms with E-state index in [4.69, 9.17) is 4.74 Å². The molecule has 2 aromatic carbocycles.